The van der Waals surface area contributed by atoms with Crippen LogP contribution < -0.4 is 0 Å². The molecule has 3 aliphatic carbocycles. The Morgan fingerprint density at radius 3 is 2.50 bits per heavy atom. The molecule has 0 aromatic carbocycles. The molecule has 0 heterocycles. The largest absolute Gasteiger partial charge is 0.299 e. The maximum atomic E-state index is 11.5. The minimum absolute atomic E-state index is 0.540. The first-order valence-corrected chi connectivity index (χ1v) is 5.37. The van der Waals surface area contributed by atoms with Crippen molar-refractivity contribution in [3.8, 4) is 0 Å². The van der Waals surface area contributed by atoms with Crippen molar-refractivity contribution in [3.05, 3.63) is 0 Å². The molecule has 0 aromatic rings. The molecule has 3 fully saturated rings. The second kappa shape index (κ2) is 2.12. The van der Waals surface area contributed by atoms with E-state index in [1.165, 1.54) is 38.5 Å². The molecule has 0 bridgehead atoms. The van der Waals surface area contributed by atoms with E-state index >= 15 is 0 Å². The number of hydrogen-bond acceptors (Lipinski definition) is 1. The highest BCUT2D eigenvalue weighted by molar-refractivity contribution is 5.88. The van der Waals surface area contributed by atoms with Gasteiger partial charge in [0.1, 0.15) is 5.78 Å². The van der Waals surface area contributed by atoms with Gasteiger partial charge in [0.15, 0.2) is 0 Å². The SMILES string of the molecule is O=C1CCC2C1C21CCCCC1. The lowest BCUT2D eigenvalue weighted by atomic mass is 9.80. The molecule has 2 atom stereocenters. The van der Waals surface area contributed by atoms with E-state index in [-0.39, 0.29) is 0 Å². The number of Topliss-reactive ketones (excluding diaryl/α,β-unsaturated/α-hetero) is 1. The van der Waals surface area contributed by atoms with E-state index < -0.39 is 0 Å². The van der Waals surface area contributed by atoms with Crippen LogP contribution in [0.4, 0.5) is 0 Å². The van der Waals surface area contributed by atoms with Crippen LogP contribution in [0.3, 0.4) is 0 Å². The average Bonchev–Trinajstić information content (AvgIpc) is 2.51. The van der Waals surface area contributed by atoms with Gasteiger partial charge in [-0.3, -0.25) is 4.79 Å². The van der Waals surface area contributed by atoms with Crippen molar-refractivity contribution in [2.24, 2.45) is 17.3 Å². The van der Waals surface area contributed by atoms with Gasteiger partial charge in [0.2, 0.25) is 0 Å². The molecule has 66 valence electrons. The molecule has 0 saturated heterocycles. The molecule has 1 nitrogen and oxygen atoms in total. The summed E-state index contributed by atoms with van der Waals surface area (Å²) in [4.78, 5) is 11.5. The van der Waals surface area contributed by atoms with Gasteiger partial charge in [-0.25, -0.2) is 0 Å². The van der Waals surface area contributed by atoms with E-state index in [0.717, 1.165) is 12.3 Å². The van der Waals surface area contributed by atoms with Crippen LogP contribution in [0.5, 0.6) is 0 Å². The van der Waals surface area contributed by atoms with Crippen LogP contribution >= 0.6 is 0 Å². The van der Waals surface area contributed by atoms with E-state index in [1.807, 2.05) is 0 Å². The lowest BCUT2D eigenvalue weighted by molar-refractivity contribution is -0.120. The quantitative estimate of drug-likeness (QED) is 0.537. The fraction of sp³-hybridized carbons (Fsp3) is 0.909. The Morgan fingerprint density at radius 1 is 1.17 bits per heavy atom. The van der Waals surface area contributed by atoms with Crippen LogP contribution in [0.25, 0.3) is 0 Å². The highest BCUT2D eigenvalue weighted by Gasteiger charge is 2.68. The summed E-state index contributed by atoms with van der Waals surface area (Å²) in [5.41, 5.74) is 0.563. The fourth-order valence-corrected chi connectivity index (χ4v) is 3.92. The van der Waals surface area contributed by atoms with Gasteiger partial charge < -0.3 is 0 Å². The van der Waals surface area contributed by atoms with E-state index in [4.69, 9.17) is 0 Å². The summed E-state index contributed by atoms with van der Waals surface area (Å²) < 4.78 is 0. The van der Waals surface area contributed by atoms with Crippen LogP contribution in [-0.2, 0) is 4.79 Å². The Labute approximate surface area is 73.5 Å². The highest BCUT2D eigenvalue weighted by atomic mass is 16.1. The molecule has 0 radical (unpaired) electrons. The standard InChI is InChI=1S/C11H16O/c12-9-5-4-8-10(9)11(8)6-2-1-3-7-11/h8,10H,1-7H2. The second-order valence-electron chi connectivity index (χ2n) is 4.88. The van der Waals surface area contributed by atoms with E-state index in [9.17, 15) is 4.79 Å². The van der Waals surface area contributed by atoms with Crippen molar-refractivity contribution in [2.75, 3.05) is 0 Å². The first kappa shape index (κ1) is 7.11. The summed E-state index contributed by atoms with van der Waals surface area (Å²) in [7, 11) is 0. The van der Waals surface area contributed by atoms with Gasteiger partial charge >= 0.3 is 0 Å². The van der Waals surface area contributed by atoms with Crippen LogP contribution in [-0.4, -0.2) is 5.78 Å². The molecule has 3 rings (SSSR count). The van der Waals surface area contributed by atoms with Gasteiger partial charge in [-0.1, -0.05) is 19.3 Å². The molecule has 2 unspecified atom stereocenters. The van der Waals surface area contributed by atoms with Gasteiger partial charge in [-0.15, -0.1) is 0 Å². The van der Waals surface area contributed by atoms with Gasteiger partial charge in [-0.2, -0.15) is 0 Å². The first-order valence-electron chi connectivity index (χ1n) is 5.37. The molecule has 1 spiro atoms. The van der Waals surface area contributed by atoms with Crippen LogP contribution in [0.15, 0.2) is 0 Å². The van der Waals surface area contributed by atoms with Crippen LogP contribution in [0.1, 0.15) is 44.9 Å². The zero-order chi connectivity index (χ0) is 8.18. The maximum Gasteiger partial charge on any atom is 0.136 e. The molecule has 0 aromatic heterocycles. The average molecular weight is 164 g/mol. The molecular formula is C11H16O. The third-order valence-electron chi connectivity index (χ3n) is 4.48. The van der Waals surface area contributed by atoms with E-state index in [0.29, 0.717) is 17.1 Å². The predicted molar refractivity (Wildman–Crippen MR) is 46.7 cm³/mol. The predicted octanol–water partition coefficient (Wildman–Crippen LogP) is 2.55. The topological polar surface area (TPSA) is 17.1 Å². The summed E-state index contributed by atoms with van der Waals surface area (Å²) in [6.07, 6.45) is 9.05. The third kappa shape index (κ3) is 0.681. The summed E-state index contributed by atoms with van der Waals surface area (Å²) in [6.45, 7) is 0. The Hall–Kier alpha value is -0.330. The van der Waals surface area contributed by atoms with Gasteiger partial charge in [-0.05, 0) is 30.6 Å². The van der Waals surface area contributed by atoms with Crippen LogP contribution in [0.2, 0.25) is 0 Å². The van der Waals surface area contributed by atoms with Gasteiger partial charge in [0.05, 0.1) is 0 Å². The summed E-state index contributed by atoms with van der Waals surface area (Å²) in [5.74, 6) is 1.98. The molecular weight excluding hydrogens is 148 g/mol. The third-order valence-corrected chi connectivity index (χ3v) is 4.48. The number of rotatable bonds is 0. The second-order valence-corrected chi connectivity index (χ2v) is 4.88. The van der Waals surface area contributed by atoms with Crippen molar-refractivity contribution in [1.82, 2.24) is 0 Å². The number of fused-ring (bicyclic) bond motifs is 3. The molecule has 0 amide bonds. The number of carbonyl (C=O) groups is 1. The Morgan fingerprint density at radius 2 is 1.92 bits per heavy atom. The summed E-state index contributed by atoms with van der Waals surface area (Å²) in [5, 5.41) is 0. The highest BCUT2D eigenvalue weighted by Crippen LogP contribution is 2.71. The molecule has 12 heavy (non-hydrogen) atoms. The normalized spacial score (nSPS) is 43.2. The number of hydrogen-bond donors (Lipinski definition) is 0. The molecule has 1 heteroatoms. The van der Waals surface area contributed by atoms with E-state index in [1.54, 1.807) is 0 Å². The smallest absolute Gasteiger partial charge is 0.136 e. The summed E-state index contributed by atoms with van der Waals surface area (Å²) in [6, 6.07) is 0. The van der Waals surface area contributed by atoms with Crippen LogP contribution in [0, 0.1) is 17.3 Å². The molecule has 3 saturated carbocycles. The number of carbonyl (C=O) groups excluding carboxylic acids is 1. The minimum atomic E-state index is 0.540. The van der Waals surface area contributed by atoms with Gasteiger partial charge in [0.25, 0.3) is 0 Å². The summed E-state index contributed by atoms with van der Waals surface area (Å²) >= 11 is 0. The maximum absolute atomic E-state index is 11.5. The Bertz CT molecular complexity index is 225. The Kier molecular flexibility index (Phi) is 1.26. The van der Waals surface area contributed by atoms with Crippen molar-refractivity contribution in [1.29, 1.82) is 0 Å². The van der Waals surface area contributed by atoms with Crippen molar-refractivity contribution in [3.63, 3.8) is 0 Å². The zero-order valence-electron chi connectivity index (χ0n) is 7.51. The first-order chi connectivity index (χ1) is 5.84. The molecule has 3 aliphatic rings. The zero-order valence-corrected chi connectivity index (χ0v) is 7.51. The van der Waals surface area contributed by atoms with Crippen molar-refractivity contribution >= 4 is 5.78 Å². The fourth-order valence-electron chi connectivity index (χ4n) is 3.92. The number of ketones is 1. The van der Waals surface area contributed by atoms with E-state index in [2.05, 4.69) is 0 Å². The molecule has 0 N–H and O–H groups in total. The minimum Gasteiger partial charge on any atom is -0.299 e. The van der Waals surface area contributed by atoms with Gasteiger partial charge in [0, 0.05) is 12.3 Å². The van der Waals surface area contributed by atoms with Crippen molar-refractivity contribution in [2.45, 2.75) is 44.9 Å². The molecule has 0 aliphatic heterocycles. The lowest BCUT2D eigenvalue weighted by Crippen LogP contribution is -2.16. The lowest BCUT2D eigenvalue weighted by Gasteiger charge is -2.24. The van der Waals surface area contributed by atoms with Crippen molar-refractivity contribution < 1.29 is 4.79 Å². The monoisotopic (exact) mass is 164 g/mol. The Balaban J connectivity index is 1.83.